The van der Waals surface area contributed by atoms with Gasteiger partial charge in [-0.05, 0) is 50.8 Å². The number of nitrogens with zero attached hydrogens (tertiary/aromatic N) is 1. The van der Waals surface area contributed by atoms with Crippen molar-refractivity contribution in [3.63, 3.8) is 0 Å². The fraction of sp³-hybridized carbons (Fsp3) is 0.500. The second-order valence-electron chi connectivity index (χ2n) is 5.48. The zero-order chi connectivity index (χ0) is 17.5. The molecule has 1 aliphatic carbocycles. The topological polar surface area (TPSA) is 74.2 Å². The minimum absolute atomic E-state index is 0.180. The molecule has 1 aliphatic rings. The van der Waals surface area contributed by atoms with E-state index in [-0.39, 0.29) is 13.2 Å². The summed E-state index contributed by atoms with van der Waals surface area (Å²) < 4.78 is 15.3. The van der Waals surface area contributed by atoms with Gasteiger partial charge in [0.2, 0.25) is 0 Å². The summed E-state index contributed by atoms with van der Waals surface area (Å²) in [4.78, 5) is 29.1. The fourth-order valence-electron chi connectivity index (χ4n) is 2.24. The number of methoxy groups -OCH3 is 1. The Kier molecular flexibility index (Phi) is 6.35. The molecule has 0 amide bonds. The smallest absolute Gasteiger partial charge is 0.324 e. The van der Waals surface area contributed by atoms with Gasteiger partial charge in [-0.1, -0.05) is 0 Å². The van der Waals surface area contributed by atoms with Crippen LogP contribution < -0.4 is 4.74 Å². The molecule has 0 aromatic heterocycles. The lowest BCUT2D eigenvalue weighted by atomic mass is 9.97. The average molecular weight is 333 g/mol. The van der Waals surface area contributed by atoms with Crippen molar-refractivity contribution in [2.45, 2.75) is 32.6 Å². The van der Waals surface area contributed by atoms with Crippen LogP contribution in [0.4, 0.5) is 5.69 Å². The van der Waals surface area contributed by atoms with E-state index in [0.717, 1.165) is 12.8 Å². The van der Waals surface area contributed by atoms with Crippen molar-refractivity contribution in [1.82, 2.24) is 0 Å². The van der Waals surface area contributed by atoms with E-state index < -0.39 is 17.9 Å². The third-order valence-electron chi connectivity index (χ3n) is 3.64. The van der Waals surface area contributed by atoms with Crippen LogP contribution in [0.2, 0.25) is 0 Å². The monoisotopic (exact) mass is 333 g/mol. The van der Waals surface area contributed by atoms with Crippen molar-refractivity contribution in [2.24, 2.45) is 10.9 Å². The maximum absolute atomic E-state index is 12.3. The molecule has 1 aromatic carbocycles. The molecule has 0 aliphatic heterocycles. The van der Waals surface area contributed by atoms with Crippen molar-refractivity contribution in [2.75, 3.05) is 20.3 Å². The highest BCUT2D eigenvalue weighted by Crippen LogP contribution is 2.34. The average Bonchev–Trinajstić information content (AvgIpc) is 3.38. The fourth-order valence-corrected chi connectivity index (χ4v) is 2.24. The summed E-state index contributed by atoms with van der Waals surface area (Å²) in [6.45, 7) is 3.74. The van der Waals surface area contributed by atoms with Crippen molar-refractivity contribution < 1.29 is 23.8 Å². The Morgan fingerprint density at radius 1 is 1.21 bits per heavy atom. The lowest BCUT2D eigenvalue weighted by Crippen LogP contribution is -2.26. The largest absolute Gasteiger partial charge is 0.497 e. The highest BCUT2D eigenvalue weighted by molar-refractivity contribution is 6.02. The summed E-state index contributed by atoms with van der Waals surface area (Å²) in [6.07, 6.45) is 4.10. The Morgan fingerprint density at radius 2 is 1.83 bits per heavy atom. The second-order valence-corrected chi connectivity index (χ2v) is 5.48. The van der Waals surface area contributed by atoms with Gasteiger partial charge in [0, 0.05) is 11.8 Å². The van der Waals surface area contributed by atoms with Crippen molar-refractivity contribution >= 4 is 23.8 Å². The van der Waals surface area contributed by atoms with Crippen LogP contribution in [-0.4, -0.2) is 38.5 Å². The molecule has 1 saturated carbocycles. The van der Waals surface area contributed by atoms with Gasteiger partial charge >= 0.3 is 11.9 Å². The van der Waals surface area contributed by atoms with E-state index in [1.807, 2.05) is 6.21 Å². The molecular formula is C18H23NO5. The van der Waals surface area contributed by atoms with Gasteiger partial charge in [-0.2, -0.15) is 0 Å². The van der Waals surface area contributed by atoms with E-state index in [9.17, 15) is 9.59 Å². The van der Waals surface area contributed by atoms with Crippen LogP contribution in [0.5, 0.6) is 5.75 Å². The Morgan fingerprint density at radius 3 is 2.33 bits per heavy atom. The van der Waals surface area contributed by atoms with Crippen LogP contribution in [0.25, 0.3) is 0 Å². The van der Waals surface area contributed by atoms with E-state index in [2.05, 4.69) is 4.99 Å². The molecule has 0 heterocycles. The summed E-state index contributed by atoms with van der Waals surface area (Å²) in [5, 5.41) is 0. The van der Waals surface area contributed by atoms with Crippen molar-refractivity contribution in [3.05, 3.63) is 23.8 Å². The first kappa shape index (κ1) is 18.0. The van der Waals surface area contributed by atoms with E-state index >= 15 is 0 Å². The molecule has 0 bridgehead atoms. The number of hydrogen-bond donors (Lipinski definition) is 0. The predicted molar refractivity (Wildman–Crippen MR) is 89.9 cm³/mol. The zero-order valence-corrected chi connectivity index (χ0v) is 14.3. The molecule has 2 rings (SSSR count). The first-order valence-electron chi connectivity index (χ1n) is 8.16. The Bertz CT molecular complexity index is 604. The molecule has 0 unspecified atom stereocenters. The third kappa shape index (κ3) is 4.57. The number of carbonyl (C=O) groups excluding carboxylic acids is 2. The first-order chi connectivity index (χ1) is 11.6. The SMILES string of the molecule is CCOC(=O)C(C(=O)OCC)c1cc(OC)ccc1N=CC1CC1. The van der Waals surface area contributed by atoms with Crippen LogP contribution in [0.1, 0.15) is 38.2 Å². The van der Waals surface area contributed by atoms with Gasteiger partial charge in [-0.25, -0.2) is 0 Å². The van der Waals surface area contributed by atoms with E-state index in [1.54, 1.807) is 32.0 Å². The summed E-state index contributed by atoms with van der Waals surface area (Å²) in [7, 11) is 1.52. The summed E-state index contributed by atoms with van der Waals surface area (Å²) in [6, 6.07) is 5.12. The molecule has 6 heteroatoms. The molecule has 1 fully saturated rings. The summed E-state index contributed by atoms with van der Waals surface area (Å²) in [5.41, 5.74) is 0.983. The number of hydrogen-bond acceptors (Lipinski definition) is 6. The number of carbonyl (C=O) groups is 2. The summed E-state index contributed by atoms with van der Waals surface area (Å²) >= 11 is 0. The number of aliphatic imine (C=N–C) groups is 1. The molecule has 0 atom stereocenters. The molecule has 24 heavy (non-hydrogen) atoms. The van der Waals surface area contributed by atoms with Crippen LogP contribution in [0.3, 0.4) is 0 Å². The quantitative estimate of drug-likeness (QED) is 0.415. The highest BCUT2D eigenvalue weighted by Gasteiger charge is 2.34. The lowest BCUT2D eigenvalue weighted by molar-refractivity contribution is -0.156. The number of benzene rings is 1. The molecule has 0 N–H and O–H groups in total. The van der Waals surface area contributed by atoms with Gasteiger partial charge in [0.25, 0.3) is 0 Å². The molecule has 6 nitrogen and oxygen atoms in total. The Balaban J connectivity index is 2.43. The van der Waals surface area contributed by atoms with E-state index in [0.29, 0.717) is 22.9 Å². The first-order valence-corrected chi connectivity index (χ1v) is 8.16. The third-order valence-corrected chi connectivity index (χ3v) is 3.64. The molecule has 130 valence electrons. The van der Waals surface area contributed by atoms with Gasteiger partial charge in [-0.15, -0.1) is 0 Å². The van der Waals surface area contributed by atoms with Gasteiger partial charge < -0.3 is 14.2 Å². The van der Waals surface area contributed by atoms with Gasteiger partial charge in [0.05, 0.1) is 26.0 Å². The number of rotatable bonds is 8. The zero-order valence-electron chi connectivity index (χ0n) is 14.3. The minimum atomic E-state index is -1.17. The van der Waals surface area contributed by atoms with Gasteiger partial charge in [0.15, 0.2) is 5.92 Å². The normalized spacial score (nSPS) is 14.0. The molecule has 0 spiro atoms. The summed E-state index contributed by atoms with van der Waals surface area (Å²) in [5.74, 6) is -1.46. The molecular weight excluding hydrogens is 310 g/mol. The number of esters is 2. The minimum Gasteiger partial charge on any atom is -0.497 e. The Hall–Kier alpha value is -2.37. The lowest BCUT2D eigenvalue weighted by Gasteiger charge is -2.17. The maximum Gasteiger partial charge on any atom is 0.324 e. The Labute approximate surface area is 141 Å². The molecule has 1 aromatic rings. The van der Waals surface area contributed by atoms with E-state index in [1.165, 1.54) is 7.11 Å². The van der Waals surface area contributed by atoms with E-state index in [4.69, 9.17) is 14.2 Å². The number of ether oxygens (including phenoxy) is 3. The van der Waals surface area contributed by atoms with Gasteiger partial charge in [-0.3, -0.25) is 14.6 Å². The predicted octanol–water partition coefficient (Wildman–Crippen LogP) is 3.02. The second kappa shape index (κ2) is 8.47. The van der Waals surface area contributed by atoms with Crippen LogP contribution in [0, 0.1) is 5.92 Å². The molecule has 0 saturated heterocycles. The maximum atomic E-state index is 12.3. The van der Waals surface area contributed by atoms with Crippen LogP contribution in [-0.2, 0) is 19.1 Å². The van der Waals surface area contributed by atoms with Crippen LogP contribution in [0.15, 0.2) is 23.2 Å². The van der Waals surface area contributed by atoms with Crippen molar-refractivity contribution in [3.8, 4) is 5.75 Å². The highest BCUT2D eigenvalue weighted by atomic mass is 16.6. The van der Waals surface area contributed by atoms with Crippen molar-refractivity contribution in [1.29, 1.82) is 0 Å². The standard InChI is InChI=1S/C18H23NO5/c1-4-23-17(20)16(18(21)24-5-2)14-10-13(22-3)8-9-15(14)19-11-12-6-7-12/h8-12,16H,4-7H2,1-3H3. The molecule has 0 radical (unpaired) electrons. The van der Waals surface area contributed by atoms with Gasteiger partial charge in [0.1, 0.15) is 5.75 Å². The van der Waals surface area contributed by atoms with Crippen LogP contribution >= 0.6 is 0 Å².